The molecule has 0 unspecified atom stereocenters. The summed E-state index contributed by atoms with van der Waals surface area (Å²) in [6, 6.07) is 6.20. The topological polar surface area (TPSA) is 41.7 Å². The van der Waals surface area contributed by atoms with Crippen LogP contribution in [0.2, 0.25) is 0 Å². The van der Waals surface area contributed by atoms with Crippen molar-refractivity contribution in [2.75, 3.05) is 50.1 Å². The minimum Gasteiger partial charge on any atom is -0.495 e. The van der Waals surface area contributed by atoms with Crippen LogP contribution in [0.25, 0.3) is 0 Å². The minimum atomic E-state index is 0.668. The Hall–Kier alpha value is -1.42. The molecule has 0 fully saturated rings. The second-order valence-electron chi connectivity index (χ2n) is 4.38. The molecule has 4 nitrogen and oxygen atoms in total. The molecule has 0 saturated heterocycles. The molecule has 4 heteroatoms. The Balaban J connectivity index is 2.47. The Kier molecular flexibility index (Phi) is 3.74. The van der Waals surface area contributed by atoms with Gasteiger partial charge in [0, 0.05) is 33.2 Å². The molecule has 1 heterocycles. The van der Waals surface area contributed by atoms with Crippen LogP contribution >= 0.6 is 0 Å². The third-order valence-corrected chi connectivity index (χ3v) is 3.25. The van der Waals surface area contributed by atoms with Gasteiger partial charge in [0.05, 0.1) is 12.8 Å². The van der Waals surface area contributed by atoms with Gasteiger partial charge in [-0.25, -0.2) is 0 Å². The molecule has 0 radical (unpaired) electrons. The van der Waals surface area contributed by atoms with Crippen molar-refractivity contribution in [2.24, 2.45) is 5.73 Å². The highest BCUT2D eigenvalue weighted by Gasteiger charge is 2.21. The smallest absolute Gasteiger partial charge is 0.144 e. The number of nitrogens with zero attached hydrogens (tertiary/aromatic N) is 2. The van der Waals surface area contributed by atoms with Crippen LogP contribution in [0.15, 0.2) is 18.2 Å². The van der Waals surface area contributed by atoms with Crippen molar-refractivity contribution in [2.45, 2.75) is 6.42 Å². The van der Waals surface area contributed by atoms with Gasteiger partial charge in [0.25, 0.3) is 0 Å². The summed E-state index contributed by atoms with van der Waals surface area (Å²) in [4.78, 5) is 4.62. The summed E-state index contributed by atoms with van der Waals surface area (Å²) in [5, 5.41) is 0. The normalized spacial score (nSPS) is 15.5. The molecule has 0 bridgehead atoms. The van der Waals surface area contributed by atoms with Crippen molar-refractivity contribution < 1.29 is 4.74 Å². The van der Waals surface area contributed by atoms with E-state index >= 15 is 0 Å². The number of fused-ring (bicyclic) bond motifs is 1. The maximum absolute atomic E-state index is 5.70. The fraction of sp³-hybridized carbons (Fsp3) is 0.538. The third-order valence-electron chi connectivity index (χ3n) is 3.25. The van der Waals surface area contributed by atoms with Gasteiger partial charge < -0.3 is 20.3 Å². The minimum absolute atomic E-state index is 0.668. The summed E-state index contributed by atoms with van der Waals surface area (Å²) < 4.78 is 5.48. The van der Waals surface area contributed by atoms with E-state index in [9.17, 15) is 0 Å². The zero-order chi connectivity index (χ0) is 12.3. The Bertz CT molecular complexity index is 381. The van der Waals surface area contributed by atoms with Crippen LogP contribution in [0, 0.1) is 0 Å². The average Bonchev–Trinajstić information content (AvgIpc) is 2.51. The molecule has 1 aliphatic rings. The van der Waals surface area contributed by atoms with Crippen LogP contribution in [-0.2, 0) is 0 Å². The van der Waals surface area contributed by atoms with E-state index in [0.29, 0.717) is 6.54 Å². The lowest BCUT2D eigenvalue weighted by Gasteiger charge is -2.27. The van der Waals surface area contributed by atoms with E-state index in [1.807, 2.05) is 12.1 Å². The number of para-hydroxylation sites is 1. The van der Waals surface area contributed by atoms with Gasteiger partial charge >= 0.3 is 0 Å². The summed E-state index contributed by atoms with van der Waals surface area (Å²) >= 11 is 0. The molecular weight excluding hydrogens is 214 g/mol. The van der Waals surface area contributed by atoms with E-state index in [-0.39, 0.29) is 0 Å². The lowest BCUT2D eigenvalue weighted by atomic mass is 10.2. The molecule has 0 aromatic heterocycles. The first-order valence-electron chi connectivity index (χ1n) is 6.11. The molecule has 0 saturated carbocycles. The quantitative estimate of drug-likeness (QED) is 0.857. The van der Waals surface area contributed by atoms with Gasteiger partial charge in [0.2, 0.25) is 0 Å². The number of nitrogens with two attached hydrogens (primary N) is 1. The molecule has 94 valence electrons. The van der Waals surface area contributed by atoms with E-state index in [0.717, 1.165) is 31.8 Å². The summed E-state index contributed by atoms with van der Waals surface area (Å²) in [5.74, 6) is 0.935. The highest BCUT2D eigenvalue weighted by Crippen LogP contribution is 2.39. The second kappa shape index (κ2) is 5.27. The molecule has 0 amide bonds. The lowest BCUT2D eigenvalue weighted by Crippen LogP contribution is -2.30. The molecule has 2 N–H and O–H groups in total. The van der Waals surface area contributed by atoms with E-state index < -0.39 is 0 Å². The largest absolute Gasteiger partial charge is 0.495 e. The Morgan fingerprint density at radius 2 is 2.18 bits per heavy atom. The zero-order valence-corrected chi connectivity index (χ0v) is 10.6. The highest BCUT2D eigenvalue weighted by molar-refractivity contribution is 5.78. The van der Waals surface area contributed by atoms with E-state index in [1.54, 1.807) is 7.11 Å². The number of benzene rings is 1. The van der Waals surface area contributed by atoms with Crippen LogP contribution < -0.4 is 20.3 Å². The first kappa shape index (κ1) is 12.0. The summed E-state index contributed by atoms with van der Waals surface area (Å²) in [5.41, 5.74) is 8.11. The van der Waals surface area contributed by atoms with Gasteiger partial charge in [-0.2, -0.15) is 0 Å². The number of ether oxygens (including phenoxy) is 1. The molecule has 1 aliphatic heterocycles. The molecule has 1 aromatic rings. The average molecular weight is 235 g/mol. The number of hydrogen-bond donors (Lipinski definition) is 1. The van der Waals surface area contributed by atoms with Crippen molar-refractivity contribution in [3.8, 4) is 5.75 Å². The van der Waals surface area contributed by atoms with Gasteiger partial charge in [0.1, 0.15) is 11.4 Å². The van der Waals surface area contributed by atoms with Gasteiger partial charge in [-0.15, -0.1) is 0 Å². The van der Waals surface area contributed by atoms with E-state index in [1.165, 1.54) is 11.4 Å². The van der Waals surface area contributed by atoms with E-state index in [4.69, 9.17) is 10.5 Å². The Morgan fingerprint density at radius 1 is 1.35 bits per heavy atom. The number of rotatable bonds is 3. The van der Waals surface area contributed by atoms with Crippen LogP contribution in [0.3, 0.4) is 0 Å². The van der Waals surface area contributed by atoms with Gasteiger partial charge in [-0.3, -0.25) is 0 Å². The van der Waals surface area contributed by atoms with Gasteiger partial charge in [-0.05, 0) is 18.6 Å². The first-order valence-corrected chi connectivity index (χ1v) is 6.11. The zero-order valence-electron chi connectivity index (χ0n) is 10.6. The van der Waals surface area contributed by atoms with Crippen molar-refractivity contribution in [3.63, 3.8) is 0 Å². The summed E-state index contributed by atoms with van der Waals surface area (Å²) in [7, 11) is 3.85. The fourth-order valence-corrected chi connectivity index (χ4v) is 2.41. The molecular formula is C13H21N3O. The molecule has 1 aromatic carbocycles. The molecule has 0 aliphatic carbocycles. The first-order chi connectivity index (χ1) is 8.27. The standard InChI is InChI=1S/C13H21N3O/c1-15-8-4-9-16(10-7-14)13-11(15)5-3-6-12(13)17-2/h3,5-6H,4,7-10,14H2,1-2H3. The highest BCUT2D eigenvalue weighted by atomic mass is 16.5. The fourth-order valence-electron chi connectivity index (χ4n) is 2.41. The predicted molar refractivity (Wildman–Crippen MR) is 72.1 cm³/mol. The van der Waals surface area contributed by atoms with Crippen LogP contribution in [0.1, 0.15) is 6.42 Å². The molecule has 2 rings (SSSR count). The van der Waals surface area contributed by atoms with Crippen LogP contribution in [0.4, 0.5) is 11.4 Å². The monoisotopic (exact) mass is 235 g/mol. The van der Waals surface area contributed by atoms with Crippen molar-refractivity contribution in [1.29, 1.82) is 0 Å². The maximum Gasteiger partial charge on any atom is 0.144 e. The molecule has 17 heavy (non-hydrogen) atoms. The van der Waals surface area contributed by atoms with Crippen molar-refractivity contribution in [3.05, 3.63) is 18.2 Å². The van der Waals surface area contributed by atoms with Crippen LogP contribution in [0.5, 0.6) is 5.75 Å². The lowest BCUT2D eigenvalue weighted by molar-refractivity contribution is 0.414. The van der Waals surface area contributed by atoms with E-state index in [2.05, 4.69) is 22.9 Å². The number of anilines is 2. The summed E-state index contributed by atoms with van der Waals surface area (Å²) in [6.45, 7) is 3.65. The third kappa shape index (κ3) is 2.31. The SMILES string of the molecule is COc1cccc2c1N(CCN)CCCN2C. The van der Waals surface area contributed by atoms with Gasteiger partial charge in [0.15, 0.2) is 0 Å². The molecule has 0 atom stereocenters. The molecule has 0 spiro atoms. The summed E-state index contributed by atoms with van der Waals surface area (Å²) in [6.07, 6.45) is 1.15. The Morgan fingerprint density at radius 3 is 2.88 bits per heavy atom. The Labute approximate surface area is 103 Å². The van der Waals surface area contributed by atoms with Crippen molar-refractivity contribution in [1.82, 2.24) is 0 Å². The maximum atomic E-state index is 5.70. The van der Waals surface area contributed by atoms with Crippen molar-refractivity contribution >= 4 is 11.4 Å². The second-order valence-corrected chi connectivity index (χ2v) is 4.38. The predicted octanol–water partition coefficient (Wildman–Crippen LogP) is 1.30. The van der Waals surface area contributed by atoms with Crippen LogP contribution in [-0.4, -0.2) is 40.3 Å². The number of methoxy groups -OCH3 is 1. The number of hydrogen-bond acceptors (Lipinski definition) is 4. The van der Waals surface area contributed by atoms with Gasteiger partial charge in [-0.1, -0.05) is 6.07 Å².